The zero-order valence-electron chi connectivity index (χ0n) is 11.2. The molecule has 0 spiro atoms. The van der Waals surface area contributed by atoms with Crippen LogP contribution < -0.4 is 4.74 Å². The van der Waals surface area contributed by atoms with Crippen LogP contribution in [0.1, 0.15) is 51.4 Å². The summed E-state index contributed by atoms with van der Waals surface area (Å²) in [5.41, 5.74) is 1.97. The molecule has 0 atom stereocenters. The van der Waals surface area contributed by atoms with Crippen LogP contribution >= 0.6 is 0 Å². The number of aryl methyl sites for hydroxylation is 1. The minimum absolute atomic E-state index is 0.342. The number of rotatable bonds is 3. The largest absolute Gasteiger partial charge is 0.470 e. The molecule has 17 heavy (non-hydrogen) atoms. The van der Waals surface area contributed by atoms with Gasteiger partial charge in [0.1, 0.15) is 17.2 Å². The summed E-state index contributed by atoms with van der Waals surface area (Å²) in [5, 5.41) is 17.4. The van der Waals surface area contributed by atoms with E-state index < -0.39 is 0 Å². The first kappa shape index (κ1) is 13.4. The second-order valence-corrected chi connectivity index (χ2v) is 4.84. The average molecular weight is 233 g/mol. The fourth-order valence-corrected chi connectivity index (χ4v) is 1.63. The van der Waals surface area contributed by atoms with Crippen molar-refractivity contribution in [1.82, 2.24) is 10.2 Å². The summed E-state index contributed by atoms with van der Waals surface area (Å²) < 4.78 is 5.67. The third-order valence-electron chi connectivity index (χ3n) is 2.33. The van der Waals surface area contributed by atoms with Gasteiger partial charge in [-0.1, -0.05) is 13.8 Å². The average Bonchev–Trinajstić information content (AvgIpc) is 2.26. The molecule has 1 heterocycles. The third kappa shape index (κ3) is 3.16. The van der Waals surface area contributed by atoms with Crippen LogP contribution in [0.2, 0.25) is 0 Å². The van der Waals surface area contributed by atoms with E-state index in [1.165, 1.54) is 0 Å². The second-order valence-electron chi connectivity index (χ2n) is 4.84. The molecular weight excluding hydrogens is 214 g/mol. The van der Waals surface area contributed by atoms with E-state index in [-0.39, 0.29) is 5.60 Å². The van der Waals surface area contributed by atoms with Crippen LogP contribution in [0.15, 0.2) is 0 Å². The Morgan fingerprint density at radius 2 is 1.82 bits per heavy atom. The molecule has 0 aliphatic heterocycles. The van der Waals surface area contributed by atoms with Crippen molar-refractivity contribution in [3.05, 3.63) is 16.8 Å². The van der Waals surface area contributed by atoms with Gasteiger partial charge in [0.05, 0.1) is 5.69 Å². The smallest absolute Gasteiger partial charge is 0.252 e. The maximum absolute atomic E-state index is 9.25. The van der Waals surface area contributed by atoms with E-state index in [4.69, 9.17) is 4.74 Å². The Morgan fingerprint density at radius 3 is 2.24 bits per heavy atom. The van der Waals surface area contributed by atoms with Gasteiger partial charge in [-0.25, -0.2) is 0 Å². The molecule has 0 radical (unpaired) electrons. The lowest BCUT2D eigenvalue weighted by molar-refractivity contribution is 0.121. The minimum atomic E-state index is -0.376. The van der Waals surface area contributed by atoms with Crippen molar-refractivity contribution in [2.45, 2.75) is 53.1 Å². The van der Waals surface area contributed by atoms with Gasteiger partial charge in [0.15, 0.2) is 0 Å². The lowest BCUT2D eigenvalue weighted by Gasteiger charge is -2.21. The summed E-state index contributed by atoms with van der Waals surface area (Å²) in [5.74, 6) is 0.342. The number of ether oxygens (including phenoxy) is 1. The molecule has 0 saturated carbocycles. The molecule has 1 aromatic heterocycles. The fraction of sp³-hybridized carbons (Fsp3) is 0.615. The SMILES string of the molecule is CCc1nnc(OC(C)(C)C)c(C#N)c1CC. The van der Waals surface area contributed by atoms with Gasteiger partial charge in [-0.05, 0) is 39.2 Å². The van der Waals surface area contributed by atoms with Gasteiger partial charge in [-0.3, -0.25) is 0 Å². The van der Waals surface area contributed by atoms with E-state index in [0.717, 1.165) is 24.1 Å². The number of aromatic nitrogens is 2. The summed E-state index contributed by atoms with van der Waals surface area (Å²) in [6.45, 7) is 9.80. The quantitative estimate of drug-likeness (QED) is 0.805. The van der Waals surface area contributed by atoms with Crippen LogP contribution in [-0.2, 0) is 12.8 Å². The van der Waals surface area contributed by atoms with Gasteiger partial charge < -0.3 is 4.74 Å². The predicted octanol–water partition coefficient (Wildman–Crippen LogP) is 2.65. The normalized spacial score (nSPS) is 11.1. The molecule has 0 aliphatic carbocycles. The van der Waals surface area contributed by atoms with Crippen LogP contribution in [0.25, 0.3) is 0 Å². The molecule has 0 fully saturated rings. The van der Waals surface area contributed by atoms with Crippen molar-refractivity contribution in [2.24, 2.45) is 0 Å². The highest BCUT2D eigenvalue weighted by molar-refractivity contribution is 5.46. The Balaban J connectivity index is 3.30. The van der Waals surface area contributed by atoms with Crippen molar-refractivity contribution in [1.29, 1.82) is 5.26 Å². The second kappa shape index (κ2) is 5.13. The van der Waals surface area contributed by atoms with Gasteiger partial charge in [0.25, 0.3) is 5.88 Å². The minimum Gasteiger partial charge on any atom is -0.470 e. The highest BCUT2D eigenvalue weighted by atomic mass is 16.5. The Hall–Kier alpha value is -1.63. The third-order valence-corrected chi connectivity index (χ3v) is 2.33. The Kier molecular flexibility index (Phi) is 4.06. The van der Waals surface area contributed by atoms with Crippen molar-refractivity contribution in [2.75, 3.05) is 0 Å². The van der Waals surface area contributed by atoms with Crippen molar-refractivity contribution >= 4 is 0 Å². The number of nitriles is 1. The fourth-order valence-electron chi connectivity index (χ4n) is 1.63. The molecule has 4 heteroatoms. The first-order valence-electron chi connectivity index (χ1n) is 5.90. The van der Waals surface area contributed by atoms with Crippen LogP contribution in [0.5, 0.6) is 5.88 Å². The standard InChI is InChI=1S/C13H19N3O/c1-6-9-10(8-14)12(17-13(3,4)5)16-15-11(9)7-2/h6-7H2,1-5H3. The van der Waals surface area contributed by atoms with Crippen LogP contribution in [0, 0.1) is 11.3 Å². The lowest BCUT2D eigenvalue weighted by atomic mass is 10.0. The Bertz CT molecular complexity index is 441. The van der Waals surface area contributed by atoms with E-state index in [1.807, 2.05) is 34.6 Å². The van der Waals surface area contributed by atoms with Gasteiger partial charge in [-0.15, -0.1) is 5.10 Å². The molecular formula is C13H19N3O. The van der Waals surface area contributed by atoms with E-state index in [1.54, 1.807) is 0 Å². The highest BCUT2D eigenvalue weighted by Crippen LogP contribution is 2.24. The van der Waals surface area contributed by atoms with E-state index in [9.17, 15) is 5.26 Å². The van der Waals surface area contributed by atoms with Crippen LogP contribution in [0.4, 0.5) is 0 Å². The zero-order chi connectivity index (χ0) is 13.1. The maximum Gasteiger partial charge on any atom is 0.252 e. The molecule has 0 N–H and O–H groups in total. The molecule has 0 aromatic carbocycles. The van der Waals surface area contributed by atoms with Gasteiger partial charge in [0.2, 0.25) is 0 Å². The Morgan fingerprint density at radius 1 is 1.18 bits per heavy atom. The Labute approximate surface area is 103 Å². The molecule has 0 bridgehead atoms. The van der Waals surface area contributed by atoms with Crippen LogP contribution in [0.3, 0.4) is 0 Å². The summed E-state index contributed by atoms with van der Waals surface area (Å²) in [4.78, 5) is 0. The molecule has 0 unspecified atom stereocenters. The van der Waals surface area contributed by atoms with E-state index >= 15 is 0 Å². The zero-order valence-corrected chi connectivity index (χ0v) is 11.2. The summed E-state index contributed by atoms with van der Waals surface area (Å²) in [6, 6.07) is 2.18. The van der Waals surface area contributed by atoms with Crippen molar-refractivity contribution in [3.8, 4) is 11.9 Å². The molecule has 1 aromatic rings. The maximum atomic E-state index is 9.25. The molecule has 0 aliphatic rings. The van der Waals surface area contributed by atoms with Gasteiger partial charge in [0, 0.05) is 0 Å². The van der Waals surface area contributed by atoms with Gasteiger partial charge in [-0.2, -0.15) is 10.4 Å². The monoisotopic (exact) mass is 233 g/mol. The number of hydrogen-bond acceptors (Lipinski definition) is 4. The highest BCUT2D eigenvalue weighted by Gasteiger charge is 2.20. The molecule has 1 rings (SSSR count). The number of hydrogen-bond donors (Lipinski definition) is 0. The van der Waals surface area contributed by atoms with Gasteiger partial charge >= 0.3 is 0 Å². The van der Waals surface area contributed by atoms with Crippen molar-refractivity contribution in [3.63, 3.8) is 0 Å². The lowest BCUT2D eigenvalue weighted by Crippen LogP contribution is -2.25. The first-order valence-corrected chi connectivity index (χ1v) is 5.90. The predicted molar refractivity (Wildman–Crippen MR) is 65.9 cm³/mol. The molecule has 4 nitrogen and oxygen atoms in total. The topological polar surface area (TPSA) is 58.8 Å². The van der Waals surface area contributed by atoms with Crippen LogP contribution in [-0.4, -0.2) is 15.8 Å². The summed E-state index contributed by atoms with van der Waals surface area (Å²) in [6.07, 6.45) is 1.54. The summed E-state index contributed by atoms with van der Waals surface area (Å²) in [7, 11) is 0. The number of nitrogens with zero attached hydrogens (tertiary/aromatic N) is 3. The molecule has 92 valence electrons. The summed E-state index contributed by atoms with van der Waals surface area (Å²) >= 11 is 0. The first-order chi connectivity index (χ1) is 7.92. The van der Waals surface area contributed by atoms with Crippen molar-refractivity contribution < 1.29 is 4.74 Å². The molecule has 0 amide bonds. The van der Waals surface area contributed by atoms with E-state index in [2.05, 4.69) is 16.3 Å². The van der Waals surface area contributed by atoms with E-state index in [0.29, 0.717) is 11.4 Å². The molecule has 0 saturated heterocycles.